The van der Waals surface area contributed by atoms with Crippen LogP contribution in [0.5, 0.6) is 0 Å². The summed E-state index contributed by atoms with van der Waals surface area (Å²) in [4.78, 5) is 12.3. The first kappa shape index (κ1) is 14.4. The summed E-state index contributed by atoms with van der Waals surface area (Å²) in [5.74, 6) is 0.271. The molecule has 1 fully saturated rings. The summed E-state index contributed by atoms with van der Waals surface area (Å²) in [6.45, 7) is 2.00. The van der Waals surface area contributed by atoms with Gasteiger partial charge < -0.3 is 5.32 Å². The lowest BCUT2D eigenvalue weighted by Crippen LogP contribution is -2.14. The van der Waals surface area contributed by atoms with Gasteiger partial charge in [0.1, 0.15) is 0 Å². The Morgan fingerprint density at radius 3 is 2.52 bits per heavy atom. The predicted molar refractivity (Wildman–Crippen MR) is 87.1 cm³/mol. The van der Waals surface area contributed by atoms with Gasteiger partial charge in [0.25, 0.3) is 0 Å². The van der Waals surface area contributed by atoms with Gasteiger partial charge in [-0.3, -0.25) is 4.79 Å². The summed E-state index contributed by atoms with van der Waals surface area (Å²) in [6.07, 6.45) is 0.842. The number of halogens is 2. The number of rotatable bonds is 3. The summed E-state index contributed by atoms with van der Waals surface area (Å²) in [5.41, 5.74) is 3.01. The fraction of sp³-hybridized carbons (Fsp3) is 0.235. The van der Waals surface area contributed by atoms with Crippen molar-refractivity contribution in [2.75, 3.05) is 5.32 Å². The molecule has 0 spiro atoms. The predicted octanol–water partition coefficient (Wildman–Crippen LogP) is 5.04. The quantitative estimate of drug-likeness (QED) is 0.843. The summed E-state index contributed by atoms with van der Waals surface area (Å²) >= 11 is 12.0. The van der Waals surface area contributed by atoms with Gasteiger partial charge in [0.05, 0.1) is 0 Å². The lowest BCUT2D eigenvalue weighted by molar-refractivity contribution is -0.117. The largest absolute Gasteiger partial charge is 0.326 e. The SMILES string of the molecule is Cc1cccc(NC(=O)[C@@H]2C[C@H]2c2cc(Cl)cc(Cl)c2)c1. The molecular weight excluding hydrogens is 305 g/mol. The van der Waals surface area contributed by atoms with Crippen LogP contribution < -0.4 is 5.32 Å². The van der Waals surface area contributed by atoms with Gasteiger partial charge in [-0.25, -0.2) is 0 Å². The van der Waals surface area contributed by atoms with Crippen molar-refractivity contribution in [1.29, 1.82) is 0 Å². The van der Waals surface area contributed by atoms with E-state index in [1.807, 2.05) is 43.3 Å². The number of nitrogens with one attached hydrogen (secondary N) is 1. The molecule has 1 N–H and O–H groups in total. The van der Waals surface area contributed by atoms with Gasteiger partial charge in [-0.05, 0) is 60.7 Å². The topological polar surface area (TPSA) is 29.1 Å². The first-order chi connectivity index (χ1) is 10.0. The van der Waals surface area contributed by atoms with Gasteiger partial charge in [0.2, 0.25) is 5.91 Å². The third-order valence-electron chi connectivity index (χ3n) is 3.73. The van der Waals surface area contributed by atoms with Gasteiger partial charge in [-0.15, -0.1) is 0 Å². The van der Waals surface area contributed by atoms with Gasteiger partial charge in [0, 0.05) is 21.7 Å². The van der Waals surface area contributed by atoms with Crippen LogP contribution in [0.3, 0.4) is 0 Å². The maximum Gasteiger partial charge on any atom is 0.228 e. The van der Waals surface area contributed by atoms with Crippen LogP contribution in [0.25, 0.3) is 0 Å². The minimum Gasteiger partial charge on any atom is -0.326 e. The molecule has 0 aromatic heterocycles. The van der Waals surface area contributed by atoms with Gasteiger partial charge in [0.15, 0.2) is 0 Å². The molecule has 2 atom stereocenters. The Bertz CT molecular complexity index is 679. The lowest BCUT2D eigenvalue weighted by atomic mass is 10.1. The van der Waals surface area contributed by atoms with Crippen molar-refractivity contribution in [2.24, 2.45) is 5.92 Å². The van der Waals surface area contributed by atoms with Crippen molar-refractivity contribution in [3.63, 3.8) is 0 Å². The highest BCUT2D eigenvalue weighted by Gasteiger charge is 2.44. The fourth-order valence-electron chi connectivity index (χ4n) is 2.60. The third-order valence-corrected chi connectivity index (χ3v) is 4.16. The highest BCUT2D eigenvalue weighted by Crippen LogP contribution is 2.49. The van der Waals surface area contributed by atoms with E-state index < -0.39 is 0 Å². The van der Waals surface area contributed by atoms with Crippen LogP contribution in [0.4, 0.5) is 5.69 Å². The molecule has 0 bridgehead atoms. The first-order valence-electron chi connectivity index (χ1n) is 6.86. The Balaban J connectivity index is 1.68. The van der Waals surface area contributed by atoms with E-state index >= 15 is 0 Å². The van der Waals surface area contributed by atoms with E-state index in [1.54, 1.807) is 6.07 Å². The molecule has 2 nitrogen and oxygen atoms in total. The molecule has 4 heteroatoms. The molecule has 2 aromatic carbocycles. The van der Waals surface area contributed by atoms with Gasteiger partial charge in [-0.2, -0.15) is 0 Å². The highest BCUT2D eigenvalue weighted by molar-refractivity contribution is 6.34. The number of carbonyl (C=O) groups is 1. The number of carbonyl (C=O) groups excluding carboxylic acids is 1. The maximum absolute atomic E-state index is 12.3. The van der Waals surface area contributed by atoms with E-state index in [9.17, 15) is 4.79 Å². The number of aryl methyl sites for hydroxylation is 1. The van der Waals surface area contributed by atoms with Crippen LogP contribution in [0, 0.1) is 12.8 Å². The van der Waals surface area contributed by atoms with Crippen LogP contribution in [-0.4, -0.2) is 5.91 Å². The molecule has 108 valence electrons. The minimum absolute atomic E-state index is 0.0000422. The summed E-state index contributed by atoms with van der Waals surface area (Å²) < 4.78 is 0. The van der Waals surface area contributed by atoms with Gasteiger partial charge in [-0.1, -0.05) is 35.3 Å². The fourth-order valence-corrected chi connectivity index (χ4v) is 3.14. The molecule has 0 heterocycles. The molecule has 2 aromatic rings. The second-order valence-corrected chi connectivity index (χ2v) is 6.38. The summed E-state index contributed by atoms with van der Waals surface area (Å²) in [6, 6.07) is 13.3. The third kappa shape index (κ3) is 3.39. The Kier molecular flexibility index (Phi) is 3.92. The monoisotopic (exact) mass is 319 g/mol. The van der Waals surface area contributed by atoms with E-state index in [1.165, 1.54) is 0 Å². The Labute approximate surface area is 134 Å². The van der Waals surface area contributed by atoms with Crippen LogP contribution in [0.1, 0.15) is 23.5 Å². The van der Waals surface area contributed by atoms with E-state index in [0.29, 0.717) is 10.0 Å². The Hall–Kier alpha value is -1.51. The van der Waals surface area contributed by atoms with Crippen molar-refractivity contribution in [1.82, 2.24) is 0 Å². The molecule has 21 heavy (non-hydrogen) atoms. The zero-order valence-corrected chi connectivity index (χ0v) is 13.1. The molecule has 1 aliphatic rings. The van der Waals surface area contributed by atoms with Crippen LogP contribution in [0.15, 0.2) is 42.5 Å². The van der Waals surface area contributed by atoms with Gasteiger partial charge >= 0.3 is 0 Å². The van der Waals surface area contributed by atoms with Crippen LogP contribution in [-0.2, 0) is 4.79 Å². The van der Waals surface area contributed by atoms with Crippen molar-refractivity contribution >= 4 is 34.8 Å². The molecule has 1 amide bonds. The molecule has 0 radical (unpaired) electrons. The zero-order valence-electron chi connectivity index (χ0n) is 11.6. The molecule has 3 rings (SSSR count). The average Bonchev–Trinajstić information content (AvgIpc) is 3.17. The van der Waals surface area contributed by atoms with Crippen LogP contribution >= 0.6 is 23.2 Å². The second-order valence-electron chi connectivity index (χ2n) is 5.51. The molecule has 0 saturated heterocycles. The maximum atomic E-state index is 12.3. The lowest BCUT2D eigenvalue weighted by Gasteiger charge is -2.06. The van der Waals surface area contributed by atoms with Crippen molar-refractivity contribution in [3.8, 4) is 0 Å². The second kappa shape index (κ2) is 5.70. The number of amides is 1. The Morgan fingerprint density at radius 2 is 1.86 bits per heavy atom. The number of benzene rings is 2. The molecule has 0 unspecified atom stereocenters. The van der Waals surface area contributed by atoms with E-state index in [2.05, 4.69) is 5.32 Å². The van der Waals surface area contributed by atoms with Crippen LogP contribution in [0.2, 0.25) is 10.0 Å². The normalized spacial score (nSPS) is 20.1. The van der Waals surface area contributed by atoms with Crippen molar-refractivity contribution < 1.29 is 4.79 Å². The molecule has 1 saturated carbocycles. The highest BCUT2D eigenvalue weighted by atomic mass is 35.5. The molecule has 1 aliphatic carbocycles. The van der Waals surface area contributed by atoms with E-state index in [4.69, 9.17) is 23.2 Å². The standard InChI is InChI=1S/C17H15Cl2NO/c1-10-3-2-4-14(5-10)20-17(21)16-9-15(16)11-6-12(18)8-13(19)7-11/h2-8,15-16H,9H2,1H3,(H,20,21)/t15-,16+/m0/s1. The zero-order chi connectivity index (χ0) is 15.0. The molecular formula is C17H15Cl2NO. The Morgan fingerprint density at radius 1 is 1.14 bits per heavy atom. The number of hydrogen-bond donors (Lipinski definition) is 1. The van der Waals surface area contributed by atoms with Crippen molar-refractivity contribution in [2.45, 2.75) is 19.3 Å². The van der Waals surface area contributed by atoms with E-state index in [-0.39, 0.29) is 17.7 Å². The van der Waals surface area contributed by atoms with E-state index in [0.717, 1.165) is 23.2 Å². The summed E-state index contributed by atoms with van der Waals surface area (Å²) in [5, 5.41) is 4.20. The summed E-state index contributed by atoms with van der Waals surface area (Å²) in [7, 11) is 0. The average molecular weight is 320 g/mol. The number of hydrogen-bond acceptors (Lipinski definition) is 1. The smallest absolute Gasteiger partial charge is 0.228 e. The van der Waals surface area contributed by atoms with Crippen molar-refractivity contribution in [3.05, 3.63) is 63.6 Å². The number of anilines is 1. The minimum atomic E-state index is 0.0000422. The first-order valence-corrected chi connectivity index (χ1v) is 7.62. The molecule has 0 aliphatic heterocycles.